The Balaban J connectivity index is 2.11. The van der Waals surface area contributed by atoms with E-state index in [-0.39, 0.29) is 12.1 Å². The molecule has 1 heterocycles. The largest absolute Gasteiger partial charge is 0.489 e. The van der Waals surface area contributed by atoms with Gasteiger partial charge in [0.05, 0.1) is 17.9 Å². The van der Waals surface area contributed by atoms with Gasteiger partial charge in [-0.05, 0) is 32.2 Å². The molecule has 0 aliphatic rings. The Bertz CT molecular complexity index is 521. The summed E-state index contributed by atoms with van der Waals surface area (Å²) in [4.78, 5) is 8.38. The molecule has 0 amide bonds. The minimum atomic E-state index is -0.0971. The topological polar surface area (TPSA) is 47.0 Å². The lowest BCUT2D eigenvalue weighted by Crippen LogP contribution is -2.32. The first-order valence-electron chi connectivity index (χ1n) is 6.06. The second-order valence-corrected chi connectivity index (χ2v) is 4.61. The molecule has 100 valence electrons. The standard InChI is InChI=1S/C14H16ClN3O/c1-10(19-12-5-3-4-11(15)8-12)14(16-2)13-9-17-6-7-18-13/h3-10,14,16H,1-2H3. The Labute approximate surface area is 117 Å². The molecule has 0 bridgehead atoms. The van der Waals surface area contributed by atoms with E-state index >= 15 is 0 Å². The van der Waals surface area contributed by atoms with Crippen LogP contribution in [0.4, 0.5) is 0 Å². The Hall–Kier alpha value is -1.65. The van der Waals surface area contributed by atoms with E-state index in [1.165, 1.54) is 0 Å². The molecule has 2 rings (SSSR count). The minimum absolute atomic E-state index is 0.0346. The Kier molecular flexibility index (Phi) is 4.71. The molecule has 2 atom stereocenters. The summed E-state index contributed by atoms with van der Waals surface area (Å²) in [6, 6.07) is 7.32. The highest BCUT2D eigenvalue weighted by Gasteiger charge is 2.20. The normalized spacial score (nSPS) is 13.8. The molecule has 0 spiro atoms. The second-order valence-electron chi connectivity index (χ2n) is 4.18. The number of halogens is 1. The van der Waals surface area contributed by atoms with Gasteiger partial charge < -0.3 is 10.1 Å². The third-order valence-corrected chi connectivity index (χ3v) is 3.04. The van der Waals surface area contributed by atoms with E-state index < -0.39 is 0 Å². The van der Waals surface area contributed by atoms with Crippen molar-refractivity contribution in [1.29, 1.82) is 0 Å². The summed E-state index contributed by atoms with van der Waals surface area (Å²) in [5, 5.41) is 3.85. The molecule has 2 unspecified atom stereocenters. The van der Waals surface area contributed by atoms with Crippen molar-refractivity contribution in [2.75, 3.05) is 7.05 Å². The van der Waals surface area contributed by atoms with Crippen LogP contribution in [0.5, 0.6) is 5.75 Å². The van der Waals surface area contributed by atoms with Crippen LogP contribution in [0.15, 0.2) is 42.9 Å². The van der Waals surface area contributed by atoms with E-state index in [0.717, 1.165) is 11.4 Å². The summed E-state index contributed by atoms with van der Waals surface area (Å²) in [7, 11) is 1.87. The summed E-state index contributed by atoms with van der Waals surface area (Å²) in [6.07, 6.45) is 4.96. The van der Waals surface area contributed by atoms with Gasteiger partial charge in [0.2, 0.25) is 0 Å². The van der Waals surface area contributed by atoms with E-state index in [2.05, 4.69) is 15.3 Å². The maximum absolute atomic E-state index is 5.94. The molecule has 0 saturated carbocycles. The predicted octanol–water partition coefficient (Wildman–Crippen LogP) is 2.86. The van der Waals surface area contributed by atoms with Gasteiger partial charge in [-0.1, -0.05) is 17.7 Å². The quantitative estimate of drug-likeness (QED) is 0.913. The zero-order valence-electron chi connectivity index (χ0n) is 10.9. The first kappa shape index (κ1) is 13.8. The Morgan fingerprint density at radius 2 is 2.16 bits per heavy atom. The van der Waals surface area contributed by atoms with Crippen LogP contribution in [-0.2, 0) is 0 Å². The van der Waals surface area contributed by atoms with Gasteiger partial charge in [-0.3, -0.25) is 9.97 Å². The van der Waals surface area contributed by atoms with E-state index in [1.54, 1.807) is 24.7 Å². The highest BCUT2D eigenvalue weighted by atomic mass is 35.5. The predicted molar refractivity (Wildman–Crippen MR) is 75.4 cm³/mol. The number of ether oxygens (including phenoxy) is 1. The van der Waals surface area contributed by atoms with Gasteiger partial charge in [0.25, 0.3) is 0 Å². The molecule has 5 heteroatoms. The summed E-state index contributed by atoms with van der Waals surface area (Å²) >= 11 is 5.94. The summed E-state index contributed by atoms with van der Waals surface area (Å²) in [6.45, 7) is 1.98. The van der Waals surface area contributed by atoms with Crippen LogP contribution in [-0.4, -0.2) is 23.1 Å². The lowest BCUT2D eigenvalue weighted by Gasteiger charge is -2.24. The fourth-order valence-electron chi connectivity index (χ4n) is 1.92. The molecular weight excluding hydrogens is 262 g/mol. The van der Waals surface area contributed by atoms with E-state index in [9.17, 15) is 0 Å². The number of aromatic nitrogens is 2. The second kappa shape index (κ2) is 6.50. The van der Waals surface area contributed by atoms with Gasteiger partial charge in [-0.2, -0.15) is 0 Å². The molecular formula is C14H16ClN3O. The molecule has 1 N–H and O–H groups in total. The lowest BCUT2D eigenvalue weighted by atomic mass is 10.1. The third kappa shape index (κ3) is 3.66. The number of hydrogen-bond donors (Lipinski definition) is 1. The number of rotatable bonds is 5. The molecule has 0 aliphatic carbocycles. The molecule has 19 heavy (non-hydrogen) atoms. The molecule has 1 aromatic carbocycles. The number of nitrogens with zero attached hydrogens (tertiary/aromatic N) is 2. The number of nitrogens with one attached hydrogen (secondary N) is 1. The molecule has 0 radical (unpaired) electrons. The van der Waals surface area contributed by atoms with Crippen LogP contribution < -0.4 is 10.1 Å². The fourth-order valence-corrected chi connectivity index (χ4v) is 2.10. The van der Waals surface area contributed by atoms with Gasteiger partial charge in [0.15, 0.2) is 0 Å². The minimum Gasteiger partial charge on any atom is -0.489 e. The molecule has 4 nitrogen and oxygen atoms in total. The van der Waals surface area contributed by atoms with Crippen LogP contribution in [0.2, 0.25) is 5.02 Å². The van der Waals surface area contributed by atoms with Crippen molar-refractivity contribution in [2.24, 2.45) is 0 Å². The Morgan fingerprint density at radius 1 is 1.32 bits per heavy atom. The van der Waals surface area contributed by atoms with Crippen LogP contribution in [0.3, 0.4) is 0 Å². The van der Waals surface area contributed by atoms with Crippen molar-refractivity contribution >= 4 is 11.6 Å². The molecule has 0 fully saturated rings. The van der Waals surface area contributed by atoms with Crippen molar-refractivity contribution in [3.05, 3.63) is 53.6 Å². The summed E-state index contributed by atoms with van der Waals surface area (Å²) in [5.41, 5.74) is 0.847. The SMILES string of the molecule is CNC(c1cnccn1)C(C)Oc1cccc(Cl)c1. The summed E-state index contributed by atoms with van der Waals surface area (Å²) in [5.74, 6) is 0.740. The fraction of sp³-hybridized carbons (Fsp3) is 0.286. The van der Waals surface area contributed by atoms with Crippen LogP contribution in [0.1, 0.15) is 18.7 Å². The zero-order valence-corrected chi connectivity index (χ0v) is 11.6. The molecule has 0 saturated heterocycles. The molecule has 0 aliphatic heterocycles. The van der Waals surface area contributed by atoms with Gasteiger partial charge in [0.1, 0.15) is 11.9 Å². The molecule has 1 aromatic heterocycles. The number of benzene rings is 1. The van der Waals surface area contributed by atoms with Crippen molar-refractivity contribution in [3.63, 3.8) is 0 Å². The number of likely N-dealkylation sites (N-methyl/N-ethyl adjacent to an activating group) is 1. The van der Waals surface area contributed by atoms with Crippen LogP contribution in [0.25, 0.3) is 0 Å². The maximum Gasteiger partial charge on any atom is 0.121 e. The van der Waals surface area contributed by atoms with Crippen molar-refractivity contribution in [3.8, 4) is 5.75 Å². The van der Waals surface area contributed by atoms with Crippen molar-refractivity contribution in [1.82, 2.24) is 15.3 Å². The van der Waals surface area contributed by atoms with Crippen molar-refractivity contribution < 1.29 is 4.74 Å². The number of hydrogen-bond acceptors (Lipinski definition) is 4. The zero-order chi connectivity index (χ0) is 13.7. The third-order valence-electron chi connectivity index (χ3n) is 2.80. The average molecular weight is 278 g/mol. The van der Waals surface area contributed by atoms with E-state index in [4.69, 9.17) is 16.3 Å². The highest BCUT2D eigenvalue weighted by Crippen LogP contribution is 2.22. The monoisotopic (exact) mass is 277 g/mol. The van der Waals surface area contributed by atoms with Gasteiger partial charge >= 0.3 is 0 Å². The van der Waals surface area contributed by atoms with E-state index in [1.807, 2.05) is 32.2 Å². The van der Waals surface area contributed by atoms with E-state index in [0.29, 0.717) is 5.02 Å². The van der Waals surface area contributed by atoms with Gasteiger partial charge in [-0.15, -0.1) is 0 Å². The van der Waals surface area contributed by atoms with Crippen LogP contribution in [0, 0.1) is 0 Å². The Morgan fingerprint density at radius 3 is 2.79 bits per heavy atom. The lowest BCUT2D eigenvalue weighted by molar-refractivity contribution is 0.173. The van der Waals surface area contributed by atoms with Gasteiger partial charge in [0, 0.05) is 17.4 Å². The average Bonchev–Trinajstić information content (AvgIpc) is 2.41. The molecule has 2 aromatic rings. The van der Waals surface area contributed by atoms with Crippen molar-refractivity contribution in [2.45, 2.75) is 19.1 Å². The first-order chi connectivity index (χ1) is 9.20. The highest BCUT2D eigenvalue weighted by molar-refractivity contribution is 6.30. The first-order valence-corrected chi connectivity index (χ1v) is 6.44. The van der Waals surface area contributed by atoms with Gasteiger partial charge in [-0.25, -0.2) is 0 Å². The van der Waals surface area contributed by atoms with Crippen LogP contribution >= 0.6 is 11.6 Å². The summed E-state index contributed by atoms with van der Waals surface area (Å²) < 4.78 is 5.89. The smallest absolute Gasteiger partial charge is 0.121 e. The maximum atomic E-state index is 5.94.